The number of nitrogens with one attached hydrogen (secondary N) is 2. The first-order valence-corrected chi connectivity index (χ1v) is 9.09. The molecular formula is C18H22N6O3. The normalized spacial score (nSPS) is 17.1. The summed E-state index contributed by atoms with van der Waals surface area (Å²) >= 11 is 0. The first-order chi connectivity index (χ1) is 12.9. The van der Waals surface area contributed by atoms with Crippen molar-refractivity contribution in [1.82, 2.24) is 19.9 Å². The average molecular weight is 370 g/mol. The van der Waals surface area contributed by atoms with E-state index in [1.54, 1.807) is 4.90 Å². The second-order valence-electron chi connectivity index (χ2n) is 7.02. The van der Waals surface area contributed by atoms with Crippen LogP contribution in [-0.2, 0) is 6.42 Å². The van der Waals surface area contributed by atoms with Crippen LogP contribution < -0.4 is 16.2 Å². The number of nitrogens with zero attached hydrogens (tertiary/aromatic N) is 3. The number of anilines is 2. The quantitative estimate of drug-likeness (QED) is 0.705. The van der Waals surface area contributed by atoms with Crippen LogP contribution >= 0.6 is 0 Å². The number of rotatable bonds is 2. The molecule has 27 heavy (non-hydrogen) atoms. The van der Waals surface area contributed by atoms with Crippen LogP contribution in [0.5, 0.6) is 0 Å². The van der Waals surface area contributed by atoms with Crippen LogP contribution in [0.15, 0.2) is 10.9 Å². The van der Waals surface area contributed by atoms with Gasteiger partial charge >= 0.3 is 0 Å². The van der Waals surface area contributed by atoms with Gasteiger partial charge in [0.25, 0.3) is 11.5 Å². The number of amides is 1. The number of fused-ring (bicyclic) bond motifs is 1. The number of hydrogen-bond donors (Lipinski definition) is 3. The molecular weight excluding hydrogens is 348 g/mol. The number of aromatic amines is 2. The Kier molecular flexibility index (Phi) is 4.21. The molecule has 2 aromatic rings. The van der Waals surface area contributed by atoms with E-state index in [1.165, 1.54) is 6.07 Å². The molecule has 4 rings (SSSR count). The molecule has 9 nitrogen and oxygen atoms in total. The Hall–Kier alpha value is -3.10. The van der Waals surface area contributed by atoms with Crippen LogP contribution in [0.25, 0.3) is 0 Å². The first-order valence-electron chi connectivity index (χ1n) is 9.09. The predicted octanol–water partition coefficient (Wildman–Crippen LogP) is 0.470. The molecule has 0 unspecified atom stereocenters. The molecule has 0 radical (unpaired) electrons. The molecule has 0 bridgehead atoms. The molecule has 1 fully saturated rings. The minimum atomic E-state index is -0.302. The van der Waals surface area contributed by atoms with Crippen LogP contribution in [0.1, 0.15) is 44.9 Å². The van der Waals surface area contributed by atoms with Crippen molar-refractivity contribution in [3.8, 4) is 0 Å². The Labute approximate surface area is 155 Å². The third-order valence-corrected chi connectivity index (χ3v) is 5.23. The summed E-state index contributed by atoms with van der Waals surface area (Å²) in [4.78, 5) is 50.5. The lowest BCUT2D eigenvalue weighted by molar-refractivity contribution is 0.0740. The lowest BCUT2D eigenvalue weighted by atomic mass is 9.92. The van der Waals surface area contributed by atoms with Crippen molar-refractivity contribution < 1.29 is 9.59 Å². The van der Waals surface area contributed by atoms with E-state index in [1.807, 2.05) is 11.8 Å². The minimum Gasteiger partial charge on any atom is -0.369 e. The number of Topliss-reactive ketones (excluding diaryl/α,β-unsaturated/α-hetero) is 1. The monoisotopic (exact) mass is 370 g/mol. The number of H-pyrrole nitrogens is 2. The van der Waals surface area contributed by atoms with E-state index in [-0.39, 0.29) is 23.2 Å². The van der Waals surface area contributed by atoms with E-state index >= 15 is 0 Å². The topological polar surface area (TPSA) is 128 Å². The number of carbonyl (C=O) groups excluding carboxylic acids is 2. The highest BCUT2D eigenvalue weighted by Crippen LogP contribution is 2.28. The molecule has 1 aliphatic heterocycles. The highest BCUT2D eigenvalue weighted by molar-refractivity contribution is 6.10. The van der Waals surface area contributed by atoms with Gasteiger partial charge in [-0.25, -0.2) is 0 Å². The van der Waals surface area contributed by atoms with Crippen molar-refractivity contribution in [2.24, 2.45) is 0 Å². The molecule has 142 valence electrons. The van der Waals surface area contributed by atoms with Gasteiger partial charge in [0.15, 0.2) is 5.78 Å². The molecule has 0 spiro atoms. The fourth-order valence-electron chi connectivity index (χ4n) is 3.92. The zero-order chi connectivity index (χ0) is 19.1. The van der Waals surface area contributed by atoms with Crippen LogP contribution in [0.2, 0.25) is 0 Å². The lowest BCUT2D eigenvalue weighted by Crippen LogP contribution is -2.49. The average Bonchev–Trinajstić information content (AvgIpc) is 2.98. The van der Waals surface area contributed by atoms with Gasteiger partial charge in [-0.3, -0.25) is 19.4 Å². The molecule has 0 saturated carbocycles. The van der Waals surface area contributed by atoms with E-state index in [0.717, 1.165) is 24.2 Å². The molecule has 0 atom stereocenters. The summed E-state index contributed by atoms with van der Waals surface area (Å²) in [5, 5.41) is 0. The molecule has 1 aliphatic carbocycles. The maximum atomic E-state index is 13.1. The Morgan fingerprint density at radius 3 is 2.59 bits per heavy atom. The second-order valence-corrected chi connectivity index (χ2v) is 7.02. The predicted molar refractivity (Wildman–Crippen MR) is 100 cm³/mol. The zero-order valence-electron chi connectivity index (χ0n) is 15.2. The Bertz CT molecular complexity index is 968. The van der Waals surface area contributed by atoms with Gasteiger partial charge in [0, 0.05) is 50.1 Å². The fraction of sp³-hybridized carbons (Fsp3) is 0.444. The van der Waals surface area contributed by atoms with Crippen molar-refractivity contribution in [1.29, 1.82) is 0 Å². The van der Waals surface area contributed by atoms with Crippen molar-refractivity contribution in [2.45, 2.75) is 26.2 Å². The molecule has 3 heterocycles. The van der Waals surface area contributed by atoms with Crippen molar-refractivity contribution in [3.63, 3.8) is 0 Å². The van der Waals surface area contributed by atoms with Gasteiger partial charge < -0.3 is 20.5 Å². The largest absolute Gasteiger partial charge is 0.369 e. The Morgan fingerprint density at radius 1 is 1.15 bits per heavy atom. The lowest BCUT2D eigenvalue weighted by Gasteiger charge is -2.35. The zero-order valence-corrected chi connectivity index (χ0v) is 15.2. The molecule has 1 saturated heterocycles. The molecule has 1 amide bonds. The third-order valence-electron chi connectivity index (χ3n) is 5.23. The standard InChI is InChI=1S/C18H22N6O3/c1-10-15(16-11(20-10)3-2-4-12(16)25)17(27)24-7-5-23(6-8-24)13-9-14(26)22-18(19)21-13/h9,20H,2-8H2,1H3,(H3,19,21,22,26). The number of nitrogen functional groups attached to an aromatic ring is 1. The number of nitrogens with two attached hydrogens (primary N) is 1. The maximum absolute atomic E-state index is 13.1. The van der Waals surface area contributed by atoms with Gasteiger partial charge in [0.2, 0.25) is 5.95 Å². The van der Waals surface area contributed by atoms with Crippen LogP contribution in [0.3, 0.4) is 0 Å². The van der Waals surface area contributed by atoms with Crippen LogP contribution in [0.4, 0.5) is 11.8 Å². The van der Waals surface area contributed by atoms with E-state index < -0.39 is 0 Å². The number of aryl methyl sites for hydroxylation is 2. The smallest absolute Gasteiger partial charge is 0.256 e. The van der Waals surface area contributed by atoms with Gasteiger partial charge in [-0.1, -0.05) is 0 Å². The van der Waals surface area contributed by atoms with Gasteiger partial charge in [-0.05, 0) is 19.8 Å². The summed E-state index contributed by atoms with van der Waals surface area (Å²) in [6, 6.07) is 1.40. The first kappa shape index (κ1) is 17.3. The van der Waals surface area contributed by atoms with Crippen LogP contribution in [0, 0.1) is 6.92 Å². The number of hydrogen-bond acceptors (Lipinski definition) is 6. The molecule has 2 aliphatic rings. The van der Waals surface area contributed by atoms with Crippen molar-refractivity contribution in [2.75, 3.05) is 36.8 Å². The van der Waals surface area contributed by atoms with Gasteiger partial charge in [-0.2, -0.15) is 4.98 Å². The molecule has 2 aromatic heterocycles. The number of ketones is 1. The van der Waals surface area contributed by atoms with Crippen LogP contribution in [-0.4, -0.2) is 57.7 Å². The number of carbonyl (C=O) groups is 2. The summed E-state index contributed by atoms with van der Waals surface area (Å²) in [5.41, 5.74) is 8.04. The minimum absolute atomic E-state index is 0.0470. The third kappa shape index (κ3) is 3.09. The SMILES string of the molecule is Cc1[nH]c2c(c1C(=O)N1CCN(c3cc(=O)[nH]c(N)n3)CC1)C(=O)CCC2. The maximum Gasteiger partial charge on any atom is 0.256 e. The van der Waals surface area contributed by atoms with E-state index in [9.17, 15) is 14.4 Å². The molecule has 9 heteroatoms. The van der Waals surface area contributed by atoms with Crippen molar-refractivity contribution >= 4 is 23.5 Å². The van der Waals surface area contributed by atoms with Gasteiger partial charge in [-0.15, -0.1) is 0 Å². The van der Waals surface area contributed by atoms with Crippen molar-refractivity contribution in [3.05, 3.63) is 38.9 Å². The van der Waals surface area contributed by atoms with E-state index in [2.05, 4.69) is 15.0 Å². The fourth-order valence-corrected chi connectivity index (χ4v) is 3.92. The second kappa shape index (κ2) is 6.57. The van der Waals surface area contributed by atoms with Gasteiger partial charge in [0.1, 0.15) is 5.82 Å². The Morgan fingerprint density at radius 2 is 1.89 bits per heavy atom. The summed E-state index contributed by atoms with van der Waals surface area (Å²) in [7, 11) is 0. The van der Waals surface area contributed by atoms with E-state index in [0.29, 0.717) is 49.5 Å². The highest BCUT2D eigenvalue weighted by Gasteiger charge is 2.32. The summed E-state index contributed by atoms with van der Waals surface area (Å²) in [5.74, 6) is 0.516. The summed E-state index contributed by atoms with van der Waals surface area (Å²) < 4.78 is 0. The Balaban J connectivity index is 1.52. The molecule has 0 aromatic carbocycles. The number of aromatic nitrogens is 3. The van der Waals surface area contributed by atoms with Gasteiger partial charge in [0.05, 0.1) is 11.1 Å². The number of piperazine rings is 1. The van der Waals surface area contributed by atoms with E-state index in [4.69, 9.17) is 5.73 Å². The summed E-state index contributed by atoms with van der Waals surface area (Å²) in [6.07, 6.45) is 2.12. The molecule has 4 N–H and O–H groups in total. The summed E-state index contributed by atoms with van der Waals surface area (Å²) in [6.45, 7) is 3.90. The highest BCUT2D eigenvalue weighted by atomic mass is 16.2.